The van der Waals surface area contributed by atoms with E-state index < -0.39 is 0 Å². The maximum Gasteiger partial charge on any atom is 0.224 e. The van der Waals surface area contributed by atoms with E-state index in [-0.39, 0.29) is 11.9 Å². The third-order valence-electron chi connectivity index (χ3n) is 2.80. The Morgan fingerprint density at radius 2 is 2.28 bits per heavy atom. The molecule has 0 bridgehead atoms. The first kappa shape index (κ1) is 15.0. The van der Waals surface area contributed by atoms with Gasteiger partial charge in [0.05, 0.1) is 6.20 Å². The highest BCUT2D eigenvalue weighted by molar-refractivity contribution is 7.98. The molecule has 102 valence electrons. The molecule has 1 heterocycles. The van der Waals surface area contributed by atoms with Crippen LogP contribution < -0.4 is 10.2 Å². The van der Waals surface area contributed by atoms with Crippen molar-refractivity contribution in [2.24, 2.45) is 0 Å². The number of halogens is 1. The second kappa shape index (κ2) is 7.41. The summed E-state index contributed by atoms with van der Waals surface area (Å²) in [6, 6.07) is 0.247. The Hall–Kier alpha value is -1.04. The van der Waals surface area contributed by atoms with Crippen molar-refractivity contribution in [2.75, 3.05) is 35.8 Å². The van der Waals surface area contributed by atoms with Crippen molar-refractivity contribution in [2.45, 2.75) is 26.3 Å². The molecule has 1 N–H and O–H groups in total. The van der Waals surface area contributed by atoms with Gasteiger partial charge in [-0.15, -0.1) is 0 Å². The van der Waals surface area contributed by atoms with Crippen LogP contribution in [-0.2, 0) is 0 Å². The van der Waals surface area contributed by atoms with E-state index >= 15 is 0 Å². The van der Waals surface area contributed by atoms with Crippen LogP contribution in [0.2, 0.25) is 0 Å². The van der Waals surface area contributed by atoms with Gasteiger partial charge in [0.1, 0.15) is 0 Å². The summed E-state index contributed by atoms with van der Waals surface area (Å²) < 4.78 is 13.7. The normalized spacial score (nSPS) is 12.3. The van der Waals surface area contributed by atoms with Crippen LogP contribution >= 0.6 is 11.8 Å². The largest absolute Gasteiger partial charge is 0.354 e. The van der Waals surface area contributed by atoms with Gasteiger partial charge in [-0.2, -0.15) is 16.7 Å². The lowest BCUT2D eigenvalue weighted by Crippen LogP contribution is -2.31. The van der Waals surface area contributed by atoms with Crippen molar-refractivity contribution in [3.63, 3.8) is 0 Å². The number of nitrogens with one attached hydrogen (secondary N) is 1. The van der Waals surface area contributed by atoms with Crippen molar-refractivity contribution in [1.29, 1.82) is 0 Å². The minimum Gasteiger partial charge on any atom is -0.354 e. The predicted octanol–water partition coefficient (Wildman–Crippen LogP) is 2.63. The molecule has 1 aromatic heterocycles. The molecule has 6 heteroatoms. The molecule has 1 aromatic rings. The minimum absolute atomic E-state index is 0.247. The van der Waals surface area contributed by atoms with Gasteiger partial charge in [0.2, 0.25) is 5.95 Å². The molecule has 0 aromatic carbocycles. The van der Waals surface area contributed by atoms with Crippen LogP contribution in [0.25, 0.3) is 0 Å². The average molecular weight is 272 g/mol. The summed E-state index contributed by atoms with van der Waals surface area (Å²) in [5.41, 5.74) is 0. The summed E-state index contributed by atoms with van der Waals surface area (Å²) in [6.07, 6.45) is 4.29. The van der Waals surface area contributed by atoms with Crippen LogP contribution in [0.5, 0.6) is 0 Å². The van der Waals surface area contributed by atoms with Crippen LogP contribution in [0.3, 0.4) is 0 Å². The summed E-state index contributed by atoms with van der Waals surface area (Å²) in [6.45, 7) is 4.75. The molecule has 0 aliphatic carbocycles. The third-order valence-corrected chi connectivity index (χ3v) is 3.44. The lowest BCUT2D eigenvalue weighted by atomic mass is 10.2. The predicted molar refractivity (Wildman–Crippen MR) is 77.0 cm³/mol. The van der Waals surface area contributed by atoms with E-state index in [4.69, 9.17) is 0 Å². The summed E-state index contributed by atoms with van der Waals surface area (Å²) in [7, 11) is 1.87. The first-order valence-electron chi connectivity index (χ1n) is 6.08. The molecule has 4 nitrogen and oxygen atoms in total. The highest BCUT2D eigenvalue weighted by Gasteiger charge is 2.16. The molecular formula is C12H21FN4S. The summed E-state index contributed by atoms with van der Waals surface area (Å²) in [5, 5.41) is 2.99. The Bertz CT molecular complexity index is 375. The van der Waals surface area contributed by atoms with E-state index in [2.05, 4.69) is 28.5 Å². The van der Waals surface area contributed by atoms with Gasteiger partial charge >= 0.3 is 0 Å². The SMILES string of the molecule is CCNc1ncc(F)c(N(C)C(C)CCSC)n1. The number of anilines is 2. The van der Waals surface area contributed by atoms with Gasteiger partial charge in [-0.1, -0.05) is 0 Å². The highest BCUT2D eigenvalue weighted by atomic mass is 32.2. The van der Waals surface area contributed by atoms with Gasteiger partial charge in [0.25, 0.3) is 0 Å². The number of thioether (sulfide) groups is 1. The second-order valence-electron chi connectivity index (χ2n) is 4.14. The lowest BCUT2D eigenvalue weighted by Gasteiger charge is -2.26. The van der Waals surface area contributed by atoms with Gasteiger partial charge in [-0.05, 0) is 32.3 Å². The summed E-state index contributed by atoms with van der Waals surface area (Å²) in [4.78, 5) is 9.99. The van der Waals surface area contributed by atoms with Crippen molar-refractivity contribution >= 4 is 23.5 Å². The van der Waals surface area contributed by atoms with Gasteiger partial charge in [0, 0.05) is 19.6 Å². The van der Waals surface area contributed by atoms with E-state index in [0.29, 0.717) is 11.8 Å². The van der Waals surface area contributed by atoms with Gasteiger partial charge < -0.3 is 10.2 Å². The number of hydrogen-bond donors (Lipinski definition) is 1. The van der Waals surface area contributed by atoms with E-state index in [9.17, 15) is 4.39 Å². The fourth-order valence-corrected chi connectivity index (χ4v) is 2.12. The molecule has 0 saturated carbocycles. The Balaban J connectivity index is 2.82. The van der Waals surface area contributed by atoms with E-state index in [1.165, 1.54) is 6.20 Å². The molecule has 0 spiro atoms. The molecule has 18 heavy (non-hydrogen) atoms. The van der Waals surface area contributed by atoms with E-state index in [0.717, 1.165) is 18.7 Å². The quantitative estimate of drug-likeness (QED) is 0.826. The smallest absolute Gasteiger partial charge is 0.224 e. The number of hydrogen-bond acceptors (Lipinski definition) is 5. The molecule has 1 unspecified atom stereocenters. The number of nitrogens with zero attached hydrogens (tertiary/aromatic N) is 3. The molecule has 1 atom stereocenters. The topological polar surface area (TPSA) is 41.1 Å². The first-order valence-corrected chi connectivity index (χ1v) is 7.47. The molecule has 1 rings (SSSR count). The molecule has 0 aliphatic heterocycles. The summed E-state index contributed by atoms with van der Waals surface area (Å²) in [5.74, 6) is 1.50. The maximum atomic E-state index is 13.7. The van der Waals surface area contributed by atoms with Gasteiger partial charge in [-0.3, -0.25) is 0 Å². The molecule has 0 amide bonds. The fourth-order valence-electron chi connectivity index (χ4n) is 1.54. The first-order chi connectivity index (χ1) is 8.60. The minimum atomic E-state index is -0.379. The number of rotatable bonds is 7. The van der Waals surface area contributed by atoms with Crippen LogP contribution in [0, 0.1) is 5.82 Å². The zero-order chi connectivity index (χ0) is 13.5. The monoisotopic (exact) mass is 272 g/mol. The molecule has 0 aliphatic rings. The highest BCUT2D eigenvalue weighted by Crippen LogP contribution is 2.19. The van der Waals surface area contributed by atoms with Crippen molar-refractivity contribution in [3.05, 3.63) is 12.0 Å². The molecule has 0 fully saturated rings. The van der Waals surface area contributed by atoms with Crippen molar-refractivity contribution < 1.29 is 4.39 Å². The molecule has 0 saturated heterocycles. The Morgan fingerprint density at radius 1 is 1.56 bits per heavy atom. The van der Waals surface area contributed by atoms with Gasteiger partial charge in [0.15, 0.2) is 11.6 Å². The van der Waals surface area contributed by atoms with E-state index in [1.54, 1.807) is 11.8 Å². The van der Waals surface area contributed by atoms with Crippen molar-refractivity contribution in [3.8, 4) is 0 Å². The zero-order valence-electron chi connectivity index (χ0n) is 11.4. The standard InChI is InChI=1S/C12H21FN4S/c1-5-14-12-15-8-10(13)11(16-12)17(3)9(2)6-7-18-4/h8-9H,5-7H2,1-4H3,(H,14,15,16). The Kier molecular flexibility index (Phi) is 6.18. The van der Waals surface area contributed by atoms with Crippen LogP contribution in [-0.4, -0.2) is 41.6 Å². The fraction of sp³-hybridized carbons (Fsp3) is 0.667. The van der Waals surface area contributed by atoms with Crippen molar-refractivity contribution in [1.82, 2.24) is 9.97 Å². The molecular weight excluding hydrogens is 251 g/mol. The lowest BCUT2D eigenvalue weighted by molar-refractivity contribution is 0.586. The Labute approximate surface area is 112 Å². The zero-order valence-corrected chi connectivity index (χ0v) is 12.2. The average Bonchev–Trinajstić information content (AvgIpc) is 2.37. The summed E-state index contributed by atoms with van der Waals surface area (Å²) >= 11 is 1.79. The van der Waals surface area contributed by atoms with Crippen LogP contribution in [0.1, 0.15) is 20.3 Å². The van der Waals surface area contributed by atoms with E-state index in [1.807, 2.05) is 18.9 Å². The van der Waals surface area contributed by atoms with Crippen LogP contribution in [0.4, 0.5) is 16.2 Å². The van der Waals surface area contributed by atoms with Gasteiger partial charge in [-0.25, -0.2) is 9.37 Å². The third kappa shape index (κ3) is 4.01. The Morgan fingerprint density at radius 3 is 2.89 bits per heavy atom. The second-order valence-corrected chi connectivity index (χ2v) is 5.12. The van der Waals surface area contributed by atoms with Crippen LogP contribution in [0.15, 0.2) is 6.20 Å². The molecule has 0 radical (unpaired) electrons. The maximum absolute atomic E-state index is 13.7. The number of aromatic nitrogens is 2.